The molecular weight excluding hydrogens is 269 g/mol. The highest BCUT2D eigenvalue weighted by atomic mass is 19.1. The van der Waals surface area contributed by atoms with Gasteiger partial charge in [-0.1, -0.05) is 24.0 Å². The largest absolute Gasteiger partial charge is 0.489 e. The zero-order valence-corrected chi connectivity index (χ0v) is 11.1. The summed E-state index contributed by atoms with van der Waals surface area (Å²) < 4.78 is 18.9. The molecule has 0 heterocycles. The van der Waals surface area contributed by atoms with Gasteiger partial charge in [0.05, 0.1) is 5.56 Å². The first-order valence-electron chi connectivity index (χ1n) is 6.24. The first-order valence-corrected chi connectivity index (χ1v) is 6.24. The maximum Gasteiger partial charge on any atom is 0.144 e. The van der Waals surface area contributed by atoms with E-state index in [1.165, 1.54) is 12.1 Å². The lowest BCUT2D eigenvalue weighted by atomic mass is 10.1. The summed E-state index contributed by atoms with van der Waals surface area (Å²) in [6.45, 7) is 0.0746. The monoisotopic (exact) mass is 281 g/mol. The topological polar surface area (TPSA) is 53.2 Å². The molecule has 0 saturated carbocycles. The van der Waals surface area contributed by atoms with Gasteiger partial charge in [0.1, 0.15) is 30.8 Å². The van der Waals surface area contributed by atoms with Crippen LogP contribution in [0.4, 0.5) is 4.39 Å². The normalized spacial score (nSPS) is 9.38. The van der Waals surface area contributed by atoms with Gasteiger partial charge < -0.3 is 9.84 Å². The third-order valence-corrected chi connectivity index (χ3v) is 2.71. The summed E-state index contributed by atoms with van der Waals surface area (Å²) in [7, 11) is 0. The van der Waals surface area contributed by atoms with Crippen molar-refractivity contribution < 1.29 is 14.2 Å². The van der Waals surface area contributed by atoms with Gasteiger partial charge in [-0.2, -0.15) is 5.26 Å². The van der Waals surface area contributed by atoms with Crippen LogP contribution in [0.2, 0.25) is 0 Å². The lowest BCUT2D eigenvalue weighted by Crippen LogP contribution is -1.97. The molecule has 0 fully saturated rings. The molecule has 0 aliphatic rings. The van der Waals surface area contributed by atoms with E-state index in [0.717, 1.165) is 11.1 Å². The molecular formula is C17H12FNO2. The Hall–Kier alpha value is -2.82. The molecule has 1 N–H and O–H groups in total. The lowest BCUT2D eigenvalue weighted by Gasteiger charge is -2.07. The maximum atomic E-state index is 13.4. The molecule has 0 unspecified atom stereocenters. The van der Waals surface area contributed by atoms with Crippen molar-refractivity contribution in [2.45, 2.75) is 6.61 Å². The van der Waals surface area contributed by atoms with Gasteiger partial charge in [-0.25, -0.2) is 4.39 Å². The molecule has 0 aliphatic heterocycles. The van der Waals surface area contributed by atoms with Crippen molar-refractivity contribution in [2.24, 2.45) is 0 Å². The van der Waals surface area contributed by atoms with Gasteiger partial charge in [0.25, 0.3) is 0 Å². The van der Waals surface area contributed by atoms with Crippen LogP contribution in [0.15, 0.2) is 42.5 Å². The number of rotatable bonds is 3. The van der Waals surface area contributed by atoms with Crippen LogP contribution >= 0.6 is 0 Å². The Morgan fingerprint density at radius 3 is 2.76 bits per heavy atom. The zero-order chi connectivity index (χ0) is 15.1. The Balaban J connectivity index is 2.06. The van der Waals surface area contributed by atoms with Crippen molar-refractivity contribution in [1.29, 1.82) is 5.26 Å². The molecule has 2 rings (SSSR count). The zero-order valence-electron chi connectivity index (χ0n) is 11.1. The second-order valence-corrected chi connectivity index (χ2v) is 4.20. The van der Waals surface area contributed by atoms with E-state index < -0.39 is 5.82 Å². The van der Waals surface area contributed by atoms with Crippen LogP contribution in [0.3, 0.4) is 0 Å². The Morgan fingerprint density at radius 1 is 1.19 bits per heavy atom. The SMILES string of the molecule is N#Cc1ccc(OCc2cccc(C#CCO)c2)cc1F. The van der Waals surface area contributed by atoms with Crippen molar-refractivity contribution in [3.63, 3.8) is 0 Å². The van der Waals surface area contributed by atoms with E-state index in [1.54, 1.807) is 12.1 Å². The van der Waals surface area contributed by atoms with E-state index >= 15 is 0 Å². The van der Waals surface area contributed by atoms with Crippen LogP contribution in [-0.4, -0.2) is 11.7 Å². The molecule has 2 aromatic carbocycles. The number of aliphatic hydroxyl groups is 1. The summed E-state index contributed by atoms with van der Waals surface area (Å²) in [5, 5.41) is 17.3. The molecule has 0 aliphatic carbocycles. The van der Waals surface area contributed by atoms with Gasteiger partial charge in [-0.05, 0) is 29.8 Å². The number of nitriles is 1. The molecule has 0 spiro atoms. The second kappa shape index (κ2) is 7.09. The molecule has 0 amide bonds. The molecule has 3 nitrogen and oxygen atoms in total. The summed E-state index contributed by atoms with van der Waals surface area (Å²) in [4.78, 5) is 0. The number of halogens is 1. The highest BCUT2D eigenvalue weighted by molar-refractivity contribution is 5.38. The van der Waals surface area contributed by atoms with E-state index in [2.05, 4.69) is 11.8 Å². The minimum absolute atomic E-state index is 0.0105. The van der Waals surface area contributed by atoms with Gasteiger partial charge in [-0.15, -0.1) is 0 Å². The fourth-order valence-electron chi connectivity index (χ4n) is 1.72. The number of ether oxygens (including phenoxy) is 1. The number of nitrogens with zero attached hydrogens (tertiary/aromatic N) is 1. The van der Waals surface area contributed by atoms with Crippen LogP contribution < -0.4 is 4.74 Å². The van der Waals surface area contributed by atoms with Crippen molar-refractivity contribution in [3.05, 3.63) is 65.0 Å². The fraction of sp³-hybridized carbons (Fsp3) is 0.118. The average molecular weight is 281 g/mol. The van der Waals surface area contributed by atoms with Gasteiger partial charge in [0.15, 0.2) is 0 Å². The molecule has 4 heteroatoms. The van der Waals surface area contributed by atoms with Gasteiger partial charge in [0, 0.05) is 11.6 Å². The van der Waals surface area contributed by atoms with Crippen LogP contribution in [0.5, 0.6) is 5.75 Å². The van der Waals surface area contributed by atoms with Crippen LogP contribution in [0.1, 0.15) is 16.7 Å². The van der Waals surface area contributed by atoms with E-state index in [-0.39, 0.29) is 18.8 Å². The molecule has 21 heavy (non-hydrogen) atoms. The van der Waals surface area contributed by atoms with Crippen molar-refractivity contribution in [2.75, 3.05) is 6.61 Å². The third-order valence-electron chi connectivity index (χ3n) is 2.71. The second-order valence-electron chi connectivity index (χ2n) is 4.20. The van der Waals surface area contributed by atoms with E-state index in [4.69, 9.17) is 15.1 Å². The van der Waals surface area contributed by atoms with Gasteiger partial charge in [0.2, 0.25) is 0 Å². The summed E-state index contributed by atoms with van der Waals surface area (Å²) in [6.07, 6.45) is 0. The predicted octanol–water partition coefficient (Wildman–Crippen LogP) is 2.62. The third kappa shape index (κ3) is 4.07. The molecule has 2 aromatic rings. The van der Waals surface area contributed by atoms with Gasteiger partial charge >= 0.3 is 0 Å². The summed E-state index contributed by atoms with van der Waals surface area (Å²) >= 11 is 0. The minimum Gasteiger partial charge on any atom is -0.489 e. The number of hydrogen-bond acceptors (Lipinski definition) is 3. The standard InChI is InChI=1S/C17H12FNO2/c18-17-10-16(7-6-15(17)11-19)21-12-14-4-1-3-13(9-14)5-2-8-20/h1,3-4,6-7,9-10,20H,8,12H2. The van der Waals surface area contributed by atoms with E-state index in [0.29, 0.717) is 5.75 Å². The Bertz CT molecular complexity index is 738. The van der Waals surface area contributed by atoms with Gasteiger partial charge in [-0.3, -0.25) is 0 Å². The van der Waals surface area contributed by atoms with Crippen LogP contribution in [-0.2, 0) is 6.61 Å². The molecule has 0 bridgehead atoms. The smallest absolute Gasteiger partial charge is 0.144 e. The Labute approximate surface area is 122 Å². The molecule has 0 aromatic heterocycles. The van der Waals surface area contributed by atoms with Crippen molar-refractivity contribution in [1.82, 2.24) is 0 Å². The Kier molecular flexibility index (Phi) is 4.93. The average Bonchev–Trinajstić information content (AvgIpc) is 2.51. The Morgan fingerprint density at radius 2 is 2.05 bits per heavy atom. The maximum absolute atomic E-state index is 13.4. The molecule has 0 atom stereocenters. The number of aliphatic hydroxyl groups excluding tert-OH is 1. The predicted molar refractivity (Wildman–Crippen MR) is 75.9 cm³/mol. The first kappa shape index (κ1) is 14.6. The summed E-state index contributed by atoms with van der Waals surface area (Å²) in [6, 6.07) is 13.2. The highest BCUT2D eigenvalue weighted by Crippen LogP contribution is 2.17. The molecule has 0 radical (unpaired) electrons. The lowest BCUT2D eigenvalue weighted by molar-refractivity contribution is 0.304. The quantitative estimate of drug-likeness (QED) is 0.880. The number of hydrogen-bond donors (Lipinski definition) is 1. The molecule has 104 valence electrons. The van der Waals surface area contributed by atoms with E-state index in [9.17, 15) is 4.39 Å². The summed E-state index contributed by atoms with van der Waals surface area (Å²) in [5.41, 5.74) is 1.64. The highest BCUT2D eigenvalue weighted by Gasteiger charge is 2.03. The minimum atomic E-state index is -0.599. The molecule has 0 saturated heterocycles. The van der Waals surface area contributed by atoms with Crippen LogP contribution in [0, 0.1) is 29.0 Å². The summed E-state index contributed by atoms with van der Waals surface area (Å²) in [5.74, 6) is 5.14. The van der Waals surface area contributed by atoms with Crippen molar-refractivity contribution >= 4 is 0 Å². The van der Waals surface area contributed by atoms with E-state index in [1.807, 2.05) is 24.3 Å². The number of benzene rings is 2. The van der Waals surface area contributed by atoms with Crippen molar-refractivity contribution in [3.8, 4) is 23.7 Å². The van der Waals surface area contributed by atoms with Crippen LogP contribution in [0.25, 0.3) is 0 Å². The fourth-order valence-corrected chi connectivity index (χ4v) is 1.72. The first-order chi connectivity index (χ1) is 10.2.